The van der Waals surface area contributed by atoms with E-state index < -0.39 is 11.9 Å². The molecule has 2 bridgehead atoms. The summed E-state index contributed by atoms with van der Waals surface area (Å²) in [6, 6.07) is 9.15. The number of pyridine rings is 1. The molecule has 3 atom stereocenters. The Balaban J connectivity index is 0.000000349. The zero-order valence-corrected chi connectivity index (χ0v) is 21.1. The maximum Gasteiger partial charge on any atom is 0.328 e. The molecule has 2 aliphatic heterocycles. The van der Waals surface area contributed by atoms with Gasteiger partial charge in [-0.25, -0.2) is 9.59 Å². The number of hydrogen-bond donors (Lipinski definition) is 3. The number of carbonyl (C=O) groups excluding carboxylic acids is 1. The fraction of sp³-hybridized carbons (Fsp3) is 0.500. The second-order valence-corrected chi connectivity index (χ2v) is 10.3. The zero-order valence-electron chi connectivity index (χ0n) is 21.1. The molecule has 3 heterocycles. The third kappa shape index (κ3) is 6.10. The average molecular weight is 510 g/mol. The lowest BCUT2D eigenvalue weighted by atomic mass is 9.89. The van der Waals surface area contributed by atoms with Crippen LogP contribution in [0.2, 0.25) is 0 Å². The minimum absolute atomic E-state index is 0.0575. The highest BCUT2D eigenvalue weighted by molar-refractivity contribution is 5.97. The number of benzene rings is 1. The Bertz CT molecular complexity index is 1200. The van der Waals surface area contributed by atoms with Gasteiger partial charge in [0, 0.05) is 53.4 Å². The predicted octanol–water partition coefficient (Wildman–Crippen LogP) is 3.64. The fourth-order valence-electron chi connectivity index (χ4n) is 6.21. The van der Waals surface area contributed by atoms with Gasteiger partial charge >= 0.3 is 11.9 Å². The second-order valence-electron chi connectivity index (χ2n) is 10.3. The van der Waals surface area contributed by atoms with Crippen molar-refractivity contribution in [2.45, 2.75) is 82.0 Å². The van der Waals surface area contributed by atoms with Crippen molar-refractivity contribution >= 4 is 28.7 Å². The van der Waals surface area contributed by atoms with Crippen LogP contribution < -0.4 is 5.43 Å². The minimum atomic E-state index is -1.26. The molecule has 1 amide bonds. The highest BCUT2D eigenvalue weighted by Gasteiger charge is 2.43. The first kappa shape index (κ1) is 26.6. The molecule has 1 unspecified atom stereocenters. The number of para-hydroxylation sites is 1. The molecule has 3 N–H and O–H groups in total. The minimum Gasteiger partial charge on any atom is -0.478 e. The summed E-state index contributed by atoms with van der Waals surface area (Å²) in [5.74, 6) is -2.57. The molecule has 37 heavy (non-hydrogen) atoms. The highest BCUT2D eigenvalue weighted by Crippen LogP contribution is 2.38. The lowest BCUT2D eigenvalue weighted by Crippen LogP contribution is -2.55. The molecule has 0 spiro atoms. The van der Waals surface area contributed by atoms with Crippen LogP contribution in [0.5, 0.6) is 0 Å². The van der Waals surface area contributed by atoms with Crippen molar-refractivity contribution < 1.29 is 24.6 Å². The summed E-state index contributed by atoms with van der Waals surface area (Å²) in [7, 11) is 2.24. The standard InChI is InChI=1S/C24H31N3O2.C4H4O4/c1-26-17-11-12-18(26)14-19(13-17)27(16-7-3-2-4-8-16)24(29)21-15-25-22-10-6-5-9-20(22)23(21)28;5-3(6)1-2-4(7)8/h5-6,9-10,15-19H,2-4,7-8,11-14H2,1H3,(H,25,28);1-2H,(H,5,6)(H,7,8)/b;2-1-/t17-,18+,19?;. The summed E-state index contributed by atoms with van der Waals surface area (Å²) in [6.07, 6.45) is 13.1. The largest absolute Gasteiger partial charge is 0.478 e. The molecular formula is C28H35N3O6. The number of aromatic nitrogens is 1. The number of fused-ring (bicyclic) bond motifs is 3. The summed E-state index contributed by atoms with van der Waals surface area (Å²) in [4.78, 5) is 53.9. The van der Waals surface area contributed by atoms with E-state index in [1.807, 2.05) is 24.3 Å². The summed E-state index contributed by atoms with van der Waals surface area (Å²) in [5, 5.41) is 16.2. The Hall–Kier alpha value is -3.46. The van der Waals surface area contributed by atoms with E-state index in [4.69, 9.17) is 10.2 Å². The van der Waals surface area contributed by atoms with Crippen LogP contribution in [0.3, 0.4) is 0 Å². The van der Waals surface area contributed by atoms with E-state index in [9.17, 15) is 19.2 Å². The highest BCUT2D eigenvalue weighted by atomic mass is 16.4. The average Bonchev–Trinajstić information content (AvgIpc) is 3.09. The molecule has 1 aliphatic carbocycles. The fourth-order valence-corrected chi connectivity index (χ4v) is 6.21. The van der Waals surface area contributed by atoms with Gasteiger partial charge in [-0.05, 0) is 57.7 Å². The molecule has 9 nitrogen and oxygen atoms in total. The number of H-pyrrole nitrogens is 1. The number of piperidine rings is 1. The topological polar surface area (TPSA) is 131 Å². The second kappa shape index (κ2) is 11.7. The van der Waals surface area contributed by atoms with Crippen LogP contribution in [0, 0.1) is 0 Å². The lowest BCUT2D eigenvalue weighted by Gasteiger charge is -2.46. The van der Waals surface area contributed by atoms with Crippen LogP contribution in [-0.4, -0.2) is 74.1 Å². The van der Waals surface area contributed by atoms with Gasteiger partial charge in [0.05, 0.1) is 0 Å². The molecule has 2 saturated heterocycles. The van der Waals surface area contributed by atoms with Gasteiger partial charge < -0.3 is 25.0 Å². The van der Waals surface area contributed by atoms with E-state index in [-0.39, 0.29) is 23.4 Å². The van der Waals surface area contributed by atoms with Gasteiger partial charge in [-0.3, -0.25) is 9.59 Å². The summed E-state index contributed by atoms with van der Waals surface area (Å²) in [5.41, 5.74) is 0.956. The molecule has 2 aromatic rings. The molecule has 198 valence electrons. The Labute approximate surface area is 215 Å². The van der Waals surface area contributed by atoms with Crippen molar-refractivity contribution in [3.05, 3.63) is 58.4 Å². The Kier molecular flexibility index (Phi) is 8.43. The van der Waals surface area contributed by atoms with E-state index in [1.54, 1.807) is 6.20 Å². The van der Waals surface area contributed by atoms with Crippen molar-refractivity contribution in [2.75, 3.05) is 7.05 Å². The maximum absolute atomic E-state index is 13.8. The molecule has 3 fully saturated rings. The van der Waals surface area contributed by atoms with Gasteiger partial charge in [-0.2, -0.15) is 0 Å². The van der Waals surface area contributed by atoms with Crippen LogP contribution >= 0.6 is 0 Å². The van der Waals surface area contributed by atoms with Crippen molar-refractivity contribution in [1.29, 1.82) is 0 Å². The number of carbonyl (C=O) groups is 3. The summed E-state index contributed by atoms with van der Waals surface area (Å²) >= 11 is 0. The van der Waals surface area contributed by atoms with E-state index in [1.165, 1.54) is 32.1 Å². The third-order valence-electron chi connectivity index (χ3n) is 8.06. The monoisotopic (exact) mass is 509 g/mol. The summed E-state index contributed by atoms with van der Waals surface area (Å²) in [6.45, 7) is 0. The van der Waals surface area contributed by atoms with Gasteiger partial charge in [-0.15, -0.1) is 0 Å². The lowest BCUT2D eigenvalue weighted by molar-refractivity contribution is -0.134. The molecule has 1 aromatic carbocycles. The van der Waals surface area contributed by atoms with Crippen LogP contribution in [0.1, 0.15) is 68.1 Å². The number of carboxylic acid groups (broad SMARTS) is 2. The number of rotatable bonds is 5. The first-order valence-corrected chi connectivity index (χ1v) is 13.0. The van der Waals surface area contributed by atoms with Crippen LogP contribution in [0.15, 0.2) is 47.4 Å². The Morgan fingerprint density at radius 2 is 1.51 bits per heavy atom. The Morgan fingerprint density at radius 3 is 2.11 bits per heavy atom. The quantitative estimate of drug-likeness (QED) is 0.525. The normalized spacial score (nSPS) is 24.0. The van der Waals surface area contributed by atoms with Crippen molar-refractivity contribution in [3.63, 3.8) is 0 Å². The van der Waals surface area contributed by atoms with Crippen molar-refractivity contribution in [3.8, 4) is 0 Å². The first-order chi connectivity index (χ1) is 17.8. The van der Waals surface area contributed by atoms with Crippen molar-refractivity contribution in [2.24, 2.45) is 0 Å². The van der Waals surface area contributed by atoms with Crippen LogP contribution in [0.25, 0.3) is 10.9 Å². The summed E-state index contributed by atoms with van der Waals surface area (Å²) < 4.78 is 0. The smallest absolute Gasteiger partial charge is 0.328 e. The number of aromatic amines is 1. The molecule has 3 aliphatic rings. The third-order valence-corrected chi connectivity index (χ3v) is 8.06. The maximum atomic E-state index is 13.8. The molecule has 9 heteroatoms. The number of aliphatic carboxylic acids is 2. The van der Waals surface area contributed by atoms with E-state index in [0.29, 0.717) is 35.2 Å². The Morgan fingerprint density at radius 1 is 0.919 bits per heavy atom. The number of carboxylic acids is 2. The molecule has 1 saturated carbocycles. The first-order valence-electron chi connectivity index (χ1n) is 13.0. The molecule has 0 radical (unpaired) electrons. The van der Waals surface area contributed by atoms with Crippen molar-refractivity contribution in [1.82, 2.24) is 14.8 Å². The van der Waals surface area contributed by atoms with E-state index >= 15 is 0 Å². The molecular weight excluding hydrogens is 474 g/mol. The molecule has 5 rings (SSSR count). The van der Waals surface area contributed by atoms with E-state index in [0.717, 1.165) is 31.2 Å². The van der Waals surface area contributed by atoms with Gasteiger partial charge in [0.15, 0.2) is 0 Å². The number of hydrogen-bond acceptors (Lipinski definition) is 5. The number of nitrogens with one attached hydrogen (secondary N) is 1. The predicted molar refractivity (Wildman–Crippen MR) is 140 cm³/mol. The molecule has 1 aromatic heterocycles. The van der Waals surface area contributed by atoms with Gasteiger partial charge in [0.2, 0.25) is 5.43 Å². The number of amides is 1. The van der Waals surface area contributed by atoms with Gasteiger partial charge in [0.1, 0.15) is 5.56 Å². The SMILES string of the molecule is CN1[C@@H]2CC[C@H]1CC(N(C(=O)c1c[nH]c3ccccc3c1=O)C1CCCCC1)C2.O=C(O)/C=C\C(=O)O. The van der Waals surface area contributed by atoms with E-state index in [2.05, 4.69) is 21.8 Å². The van der Waals surface area contributed by atoms with Gasteiger partial charge in [-0.1, -0.05) is 31.4 Å². The zero-order chi connectivity index (χ0) is 26.5. The number of nitrogens with zero attached hydrogens (tertiary/aromatic N) is 2. The van der Waals surface area contributed by atoms with Crippen LogP contribution in [0.4, 0.5) is 0 Å². The van der Waals surface area contributed by atoms with Crippen LogP contribution in [-0.2, 0) is 9.59 Å². The van der Waals surface area contributed by atoms with Gasteiger partial charge in [0.25, 0.3) is 5.91 Å².